The van der Waals surface area contributed by atoms with E-state index in [9.17, 15) is 14.7 Å². The van der Waals surface area contributed by atoms with Gasteiger partial charge >= 0.3 is 6.03 Å². The lowest BCUT2D eigenvalue weighted by Crippen LogP contribution is -2.74. The highest BCUT2D eigenvalue weighted by molar-refractivity contribution is 6.03. The first-order valence-electron chi connectivity index (χ1n) is 11.9. The van der Waals surface area contributed by atoms with Gasteiger partial charge in [0.25, 0.3) is 0 Å². The number of nitrogens with zero attached hydrogens (tertiary/aromatic N) is 2. The Balaban J connectivity index is 1.97. The number of aryl methyl sites for hydroxylation is 1. The van der Waals surface area contributed by atoms with E-state index in [-0.39, 0.29) is 24.6 Å². The average Bonchev–Trinajstić information content (AvgIpc) is 2.83. The van der Waals surface area contributed by atoms with Crippen LogP contribution in [-0.4, -0.2) is 39.6 Å². The van der Waals surface area contributed by atoms with Crippen LogP contribution in [0.2, 0.25) is 0 Å². The molecule has 1 aliphatic heterocycles. The maximum atomic E-state index is 13.8. The summed E-state index contributed by atoms with van der Waals surface area (Å²) in [5.74, 6) is 0.319. The molecular formula is C27H36N2O4. The average molecular weight is 453 g/mol. The van der Waals surface area contributed by atoms with Crippen LogP contribution in [0.15, 0.2) is 48.5 Å². The molecule has 2 aromatic rings. The van der Waals surface area contributed by atoms with E-state index in [0.29, 0.717) is 30.7 Å². The standard InChI is InChI=1S/C27H36N2O4/c1-6-17-28(20(5)21-14-10-9-11-15-21)26(32)29-24(31)27(7-2,8-3)25(29)33-23-16-12-13-19(4)22(23)18-30/h9-16,20,25,30H,6-8,17-18H2,1-5H3/t20-,25+/m1/s1. The first kappa shape index (κ1) is 24.8. The Morgan fingerprint density at radius 3 is 2.36 bits per heavy atom. The highest BCUT2D eigenvalue weighted by Crippen LogP contribution is 2.47. The van der Waals surface area contributed by atoms with Crippen LogP contribution in [0.4, 0.5) is 4.79 Å². The van der Waals surface area contributed by atoms with E-state index in [1.54, 1.807) is 11.0 Å². The summed E-state index contributed by atoms with van der Waals surface area (Å²) in [4.78, 5) is 30.2. The molecule has 2 aromatic carbocycles. The van der Waals surface area contributed by atoms with Crippen LogP contribution in [0, 0.1) is 12.3 Å². The van der Waals surface area contributed by atoms with Crippen molar-refractivity contribution in [3.05, 3.63) is 65.2 Å². The number of benzene rings is 2. The highest BCUT2D eigenvalue weighted by Gasteiger charge is 2.63. The Labute approximate surface area is 197 Å². The van der Waals surface area contributed by atoms with Crippen molar-refractivity contribution < 1.29 is 19.4 Å². The van der Waals surface area contributed by atoms with E-state index in [0.717, 1.165) is 17.5 Å². The molecule has 1 heterocycles. The third-order valence-electron chi connectivity index (χ3n) is 7.04. The molecule has 0 saturated carbocycles. The van der Waals surface area contributed by atoms with Gasteiger partial charge in [0.15, 0.2) is 6.23 Å². The number of likely N-dealkylation sites (tertiary alicyclic amines) is 1. The highest BCUT2D eigenvalue weighted by atomic mass is 16.5. The summed E-state index contributed by atoms with van der Waals surface area (Å²) in [7, 11) is 0. The molecule has 3 amide bonds. The quantitative estimate of drug-likeness (QED) is 0.515. The maximum absolute atomic E-state index is 13.8. The lowest BCUT2D eigenvalue weighted by Gasteiger charge is -2.54. The minimum Gasteiger partial charge on any atom is -0.468 e. The van der Waals surface area contributed by atoms with Gasteiger partial charge in [-0.3, -0.25) is 4.79 Å². The molecule has 0 aliphatic carbocycles. The van der Waals surface area contributed by atoms with Gasteiger partial charge in [-0.15, -0.1) is 0 Å². The van der Waals surface area contributed by atoms with Crippen LogP contribution in [0.1, 0.15) is 69.7 Å². The summed E-state index contributed by atoms with van der Waals surface area (Å²) in [6, 6.07) is 14.9. The Hall–Kier alpha value is -2.86. The summed E-state index contributed by atoms with van der Waals surface area (Å²) in [5.41, 5.74) is 1.83. The van der Waals surface area contributed by atoms with Crippen molar-refractivity contribution in [3.63, 3.8) is 0 Å². The van der Waals surface area contributed by atoms with Gasteiger partial charge < -0.3 is 14.7 Å². The maximum Gasteiger partial charge on any atom is 0.330 e. The molecule has 0 spiro atoms. The fraction of sp³-hybridized carbons (Fsp3) is 0.481. The molecule has 1 N–H and O–H groups in total. The number of aliphatic hydroxyl groups excluding tert-OH is 1. The molecule has 1 saturated heterocycles. The molecule has 0 radical (unpaired) electrons. The van der Waals surface area contributed by atoms with E-state index >= 15 is 0 Å². The molecule has 178 valence electrons. The Morgan fingerprint density at radius 1 is 1.12 bits per heavy atom. The Kier molecular flexibility index (Phi) is 7.80. The number of aliphatic hydroxyl groups is 1. The van der Waals surface area contributed by atoms with Gasteiger partial charge in [-0.25, -0.2) is 9.69 Å². The number of rotatable bonds is 9. The number of hydrogen-bond donors (Lipinski definition) is 1. The summed E-state index contributed by atoms with van der Waals surface area (Å²) in [6.45, 7) is 10.2. The van der Waals surface area contributed by atoms with Crippen LogP contribution in [0.5, 0.6) is 5.75 Å². The summed E-state index contributed by atoms with van der Waals surface area (Å²) >= 11 is 0. The number of ether oxygens (including phenoxy) is 1. The van der Waals surface area contributed by atoms with Gasteiger partial charge in [-0.2, -0.15) is 0 Å². The van der Waals surface area contributed by atoms with Crippen molar-refractivity contribution in [2.75, 3.05) is 6.54 Å². The minimum atomic E-state index is -0.764. The number of urea groups is 1. The Bertz CT molecular complexity index is 971. The van der Waals surface area contributed by atoms with Crippen molar-refractivity contribution in [3.8, 4) is 5.75 Å². The monoisotopic (exact) mass is 452 g/mol. The molecule has 1 fully saturated rings. The second-order valence-corrected chi connectivity index (χ2v) is 8.78. The normalized spacial score (nSPS) is 17.9. The first-order chi connectivity index (χ1) is 15.9. The third-order valence-corrected chi connectivity index (χ3v) is 7.04. The van der Waals surface area contributed by atoms with Crippen LogP contribution in [0.25, 0.3) is 0 Å². The zero-order chi connectivity index (χ0) is 24.2. The molecule has 0 bridgehead atoms. The van der Waals surface area contributed by atoms with Crippen LogP contribution in [0.3, 0.4) is 0 Å². The van der Waals surface area contributed by atoms with Crippen LogP contribution < -0.4 is 4.74 Å². The number of hydrogen-bond acceptors (Lipinski definition) is 4. The fourth-order valence-corrected chi connectivity index (χ4v) is 4.74. The van der Waals surface area contributed by atoms with E-state index in [1.807, 2.05) is 77.1 Å². The number of carbonyl (C=O) groups is 2. The SMILES string of the molecule is CCCN(C(=O)N1C(=O)C(CC)(CC)[C@@H]1Oc1cccc(C)c1CO)[C@H](C)c1ccccc1. The lowest BCUT2D eigenvalue weighted by atomic mass is 9.72. The summed E-state index contributed by atoms with van der Waals surface area (Å²) in [6.07, 6.45) is 1.19. The largest absolute Gasteiger partial charge is 0.468 e. The molecule has 33 heavy (non-hydrogen) atoms. The zero-order valence-electron chi connectivity index (χ0n) is 20.4. The smallest absolute Gasteiger partial charge is 0.330 e. The topological polar surface area (TPSA) is 70.1 Å². The van der Waals surface area contributed by atoms with Gasteiger partial charge in [0.05, 0.1) is 12.6 Å². The van der Waals surface area contributed by atoms with Gasteiger partial charge in [0.1, 0.15) is 11.2 Å². The number of imide groups is 1. The van der Waals surface area contributed by atoms with Crippen molar-refractivity contribution in [1.29, 1.82) is 0 Å². The zero-order valence-corrected chi connectivity index (χ0v) is 20.4. The van der Waals surface area contributed by atoms with Gasteiger partial charge in [0, 0.05) is 12.1 Å². The van der Waals surface area contributed by atoms with E-state index in [2.05, 4.69) is 0 Å². The number of carbonyl (C=O) groups excluding carboxylic acids is 2. The second-order valence-electron chi connectivity index (χ2n) is 8.78. The second kappa shape index (κ2) is 10.4. The molecule has 0 unspecified atom stereocenters. The summed E-state index contributed by atoms with van der Waals surface area (Å²) in [5, 5.41) is 9.90. The minimum absolute atomic E-state index is 0.172. The fourth-order valence-electron chi connectivity index (χ4n) is 4.74. The van der Waals surface area contributed by atoms with Gasteiger partial charge in [0.2, 0.25) is 5.91 Å². The molecule has 6 nitrogen and oxygen atoms in total. The first-order valence-corrected chi connectivity index (χ1v) is 11.9. The molecular weight excluding hydrogens is 416 g/mol. The van der Waals surface area contributed by atoms with Crippen molar-refractivity contribution >= 4 is 11.9 Å². The number of β-lactam (4-membered cyclic amide) rings is 1. The molecule has 3 rings (SSSR count). The Morgan fingerprint density at radius 2 is 1.79 bits per heavy atom. The van der Waals surface area contributed by atoms with E-state index in [1.165, 1.54) is 4.90 Å². The lowest BCUT2D eigenvalue weighted by molar-refractivity contribution is -0.193. The molecule has 6 heteroatoms. The molecule has 0 aromatic heterocycles. The van der Waals surface area contributed by atoms with Crippen molar-refractivity contribution in [1.82, 2.24) is 9.80 Å². The predicted molar refractivity (Wildman–Crippen MR) is 129 cm³/mol. The number of amides is 3. The summed E-state index contributed by atoms with van der Waals surface area (Å²) < 4.78 is 6.37. The molecule has 2 atom stereocenters. The molecule has 1 aliphatic rings. The third kappa shape index (κ3) is 4.36. The van der Waals surface area contributed by atoms with Crippen LogP contribution in [-0.2, 0) is 11.4 Å². The van der Waals surface area contributed by atoms with Gasteiger partial charge in [-0.05, 0) is 50.3 Å². The van der Waals surface area contributed by atoms with Crippen LogP contribution >= 0.6 is 0 Å². The van der Waals surface area contributed by atoms with E-state index < -0.39 is 11.6 Å². The predicted octanol–water partition coefficient (Wildman–Crippen LogP) is 5.43. The van der Waals surface area contributed by atoms with Crippen molar-refractivity contribution in [2.45, 2.75) is 72.8 Å². The van der Waals surface area contributed by atoms with Crippen molar-refractivity contribution in [2.24, 2.45) is 5.41 Å². The van der Waals surface area contributed by atoms with E-state index in [4.69, 9.17) is 4.74 Å². The van der Waals surface area contributed by atoms with Gasteiger partial charge in [-0.1, -0.05) is 63.2 Å².